The summed E-state index contributed by atoms with van der Waals surface area (Å²) in [5.74, 6) is -0.598. The van der Waals surface area contributed by atoms with Crippen molar-refractivity contribution < 1.29 is 14.0 Å². The Balaban J connectivity index is 1.32. The van der Waals surface area contributed by atoms with E-state index in [1.807, 2.05) is 24.3 Å². The van der Waals surface area contributed by atoms with E-state index in [2.05, 4.69) is 17.6 Å². The van der Waals surface area contributed by atoms with Gasteiger partial charge in [0, 0.05) is 35.8 Å². The number of amides is 3. The summed E-state index contributed by atoms with van der Waals surface area (Å²) in [6.45, 7) is 3.31. The van der Waals surface area contributed by atoms with Gasteiger partial charge in [0.15, 0.2) is 0 Å². The van der Waals surface area contributed by atoms with Crippen LogP contribution in [-0.4, -0.2) is 29.9 Å². The minimum Gasteiger partial charge on any atom is -0.326 e. The van der Waals surface area contributed by atoms with Gasteiger partial charge in [0.05, 0.1) is 0 Å². The van der Waals surface area contributed by atoms with E-state index in [4.69, 9.17) is 0 Å². The Kier molecular flexibility index (Phi) is 4.79. The summed E-state index contributed by atoms with van der Waals surface area (Å²) in [5.41, 5.74) is 2.33. The van der Waals surface area contributed by atoms with Crippen molar-refractivity contribution in [2.75, 3.05) is 23.7 Å². The summed E-state index contributed by atoms with van der Waals surface area (Å²) in [5, 5.41) is 5.73. The average molecular weight is 381 g/mol. The maximum absolute atomic E-state index is 13.3. The molecule has 0 unspecified atom stereocenters. The molecule has 3 amide bonds. The van der Waals surface area contributed by atoms with E-state index in [1.54, 1.807) is 17.0 Å². The predicted molar refractivity (Wildman–Crippen MR) is 107 cm³/mol. The first kappa shape index (κ1) is 18.5. The zero-order valence-corrected chi connectivity index (χ0v) is 15.9. The lowest BCUT2D eigenvalue weighted by molar-refractivity contribution is -0.118. The Morgan fingerprint density at radius 1 is 1.14 bits per heavy atom. The van der Waals surface area contributed by atoms with Crippen LogP contribution in [0.1, 0.15) is 25.3 Å². The van der Waals surface area contributed by atoms with Crippen molar-refractivity contribution in [3.8, 4) is 0 Å². The lowest BCUT2D eigenvalue weighted by atomic mass is 10.0. The van der Waals surface area contributed by atoms with Crippen molar-refractivity contribution in [1.82, 2.24) is 4.90 Å². The highest BCUT2D eigenvalue weighted by atomic mass is 19.1. The van der Waals surface area contributed by atoms with Gasteiger partial charge in [0.1, 0.15) is 5.82 Å². The van der Waals surface area contributed by atoms with Crippen LogP contribution in [0.2, 0.25) is 0 Å². The van der Waals surface area contributed by atoms with Gasteiger partial charge in [0.25, 0.3) is 0 Å². The smallest absolute Gasteiger partial charge is 0.321 e. The fraction of sp³-hybridized carbons (Fsp3) is 0.364. The number of anilines is 2. The summed E-state index contributed by atoms with van der Waals surface area (Å²) >= 11 is 0. The van der Waals surface area contributed by atoms with Crippen molar-refractivity contribution >= 4 is 23.3 Å². The van der Waals surface area contributed by atoms with Crippen LogP contribution in [0.3, 0.4) is 0 Å². The summed E-state index contributed by atoms with van der Waals surface area (Å²) in [7, 11) is 0. The molecule has 6 heteroatoms. The lowest BCUT2D eigenvalue weighted by Gasteiger charge is -2.18. The van der Waals surface area contributed by atoms with Crippen LogP contribution in [0.5, 0.6) is 0 Å². The fourth-order valence-corrected chi connectivity index (χ4v) is 4.06. The number of carbonyl (C=O) groups is 2. The van der Waals surface area contributed by atoms with Gasteiger partial charge in [-0.1, -0.05) is 25.1 Å². The number of urea groups is 1. The fourth-order valence-electron chi connectivity index (χ4n) is 4.06. The second-order valence-corrected chi connectivity index (χ2v) is 7.77. The first-order valence-electron chi connectivity index (χ1n) is 9.70. The minimum atomic E-state index is -0.376. The molecule has 1 aliphatic heterocycles. The Hall–Kier alpha value is -2.89. The molecule has 146 valence electrons. The monoisotopic (exact) mass is 381 g/mol. The molecular formula is C22H24FN3O2. The standard InChI is InChI=1S/C22H24FN3O2/c1-2-15-6-8-17(9-7-15)25-21(28)26-11-10-22(14-26)13-19(22)20(27)24-18-5-3-4-16(23)12-18/h3-9,12,19H,2,10-11,13-14H2,1H3,(H,24,27)(H,25,28)/t19-,22-/m1/s1. The molecule has 2 aromatic rings. The quantitative estimate of drug-likeness (QED) is 0.831. The van der Waals surface area contributed by atoms with Crippen LogP contribution < -0.4 is 10.6 Å². The Labute approximate surface area is 163 Å². The molecule has 5 nitrogen and oxygen atoms in total. The number of hydrogen-bond acceptors (Lipinski definition) is 2. The molecule has 28 heavy (non-hydrogen) atoms. The number of nitrogens with one attached hydrogen (secondary N) is 2. The van der Waals surface area contributed by atoms with E-state index in [1.165, 1.54) is 17.7 Å². The molecule has 1 heterocycles. The Bertz CT molecular complexity index is 899. The molecule has 4 rings (SSSR count). The molecule has 0 aromatic heterocycles. The first-order valence-corrected chi connectivity index (χ1v) is 9.70. The molecular weight excluding hydrogens is 357 g/mol. The van der Waals surface area contributed by atoms with E-state index >= 15 is 0 Å². The maximum atomic E-state index is 13.3. The van der Waals surface area contributed by atoms with E-state index in [0.29, 0.717) is 18.8 Å². The third-order valence-electron chi connectivity index (χ3n) is 5.88. The molecule has 1 saturated heterocycles. The average Bonchev–Trinajstić information content (AvgIpc) is 3.22. The Morgan fingerprint density at radius 2 is 1.93 bits per heavy atom. The van der Waals surface area contributed by atoms with Gasteiger partial charge in [-0.3, -0.25) is 4.79 Å². The number of aryl methyl sites for hydroxylation is 1. The van der Waals surface area contributed by atoms with Gasteiger partial charge >= 0.3 is 6.03 Å². The highest BCUT2D eigenvalue weighted by molar-refractivity contribution is 5.95. The van der Waals surface area contributed by atoms with Crippen LogP contribution in [-0.2, 0) is 11.2 Å². The van der Waals surface area contributed by atoms with Crippen LogP contribution in [0.15, 0.2) is 48.5 Å². The van der Waals surface area contributed by atoms with E-state index in [9.17, 15) is 14.0 Å². The molecule has 2 aromatic carbocycles. The third-order valence-corrected chi connectivity index (χ3v) is 5.88. The lowest BCUT2D eigenvalue weighted by Crippen LogP contribution is -2.33. The van der Waals surface area contributed by atoms with Gasteiger partial charge in [0.2, 0.25) is 5.91 Å². The number of carbonyl (C=O) groups excluding carboxylic acids is 2. The molecule has 2 aliphatic rings. The third kappa shape index (κ3) is 3.72. The maximum Gasteiger partial charge on any atom is 0.321 e. The zero-order valence-electron chi connectivity index (χ0n) is 15.9. The van der Waals surface area contributed by atoms with Crippen molar-refractivity contribution in [2.24, 2.45) is 11.3 Å². The number of nitrogens with zero attached hydrogens (tertiary/aromatic N) is 1. The van der Waals surface area contributed by atoms with Crippen LogP contribution in [0.4, 0.5) is 20.6 Å². The normalized spacial score (nSPS) is 22.9. The van der Waals surface area contributed by atoms with Crippen LogP contribution in [0.25, 0.3) is 0 Å². The number of rotatable bonds is 4. The molecule has 2 atom stereocenters. The molecule has 1 spiro atoms. The number of benzene rings is 2. The molecule has 0 radical (unpaired) electrons. The first-order chi connectivity index (χ1) is 13.5. The molecule has 0 bridgehead atoms. The second kappa shape index (κ2) is 7.26. The predicted octanol–water partition coefficient (Wildman–Crippen LogP) is 4.27. The molecule has 1 aliphatic carbocycles. The highest BCUT2D eigenvalue weighted by Gasteiger charge is 2.61. The van der Waals surface area contributed by atoms with E-state index in [0.717, 1.165) is 24.9 Å². The summed E-state index contributed by atoms with van der Waals surface area (Å²) in [4.78, 5) is 26.9. The number of halogens is 1. The number of hydrogen-bond donors (Lipinski definition) is 2. The van der Waals surface area contributed by atoms with Gasteiger partial charge < -0.3 is 15.5 Å². The SMILES string of the molecule is CCc1ccc(NC(=O)N2CC[C@@]3(C[C@@H]3C(=O)Nc3cccc(F)c3)C2)cc1. The second-order valence-electron chi connectivity index (χ2n) is 7.77. The van der Waals surface area contributed by atoms with Crippen molar-refractivity contribution in [3.05, 3.63) is 59.9 Å². The largest absolute Gasteiger partial charge is 0.326 e. The highest BCUT2D eigenvalue weighted by Crippen LogP contribution is 2.58. The van der Waals surface area contributed by atoms with Gasteiger partial charge in [-0.15, -0.1) is 0 Å². The van der Waals surface area contributed by atoms with Crippen molar-refractivity contribution in [2.45, 2.75) is 26.2 Å². The molecule has 2 fully saturated rings. The Morgan fingerprint density at radius 3 is 2.64 bits per heavy atom. The van der Waals surface area contributed by atoms with Gasteiger partial charge in [-0.2, -0.15) is 0 Å². The van der Waals surface area contributed by atoms with Gasteiger partial charge in [-0.25, -0.2) is 9.18 Å². The summed E-state index contributed by atoms with van der Waals surface area (Å²) < 4.78 is 13.3. The van der Waals surface area contributed by atoms with E-state index < -0.39 is 0 Å². The topological polar surface area (TPSA) is 61.4 Å². The minimum absolute atomic E-state index is 0.0944. The van der Waals surface area contributed by atoms with Crippen molar-refractivity contribution in [3.63, 3.8) is 0 Å². The summed E-state index contributed by atoms with van der Waals surface area (Å²) in [6.07, 6.45) is 2.54. The molecule has 1 saturated carbocycles. The zero-order chi connectivity index (χ0) is 19.7. The van der Waals surface area contributed by atoms with E-state index in [-0.39, 0.29) is 29.1 Å². The van der Waals surface area contributed by atoms with Gasteiger partial charge in [-0.05, 0) is 55.2 Å². The molecule has 2 N–H and O–H groups in total. The van der Waals surface area contributed by atoms with Crippen LogP contribution in [0, 0.1) is 17.2 Å². The summed E-state index contributed by atoms with van der Waals surface area (Å²) in [6, 6.07) is 13.6. The van der Waals surface area contributed by atoms with Crippen molar-refractivity contribution in [1.29, 1.82) is 0 Å². The van der Waals surface area contributed by atoms with Crippen LogP contribution >= 0.6 is 0 Å². The number of likely N-dealkylation sites (tertiary alicyclic amines) is 1.